The summed E-state index contributed by atoms with van der Waals surface area (Å²) in [5.74, 6) is 0. The molecule has 0 aromatic carbocycles. The molecule has 0 rings (SSSR count). The van der Waals surface area contributed by atoms with E-state index in [0.717, 1.165) is 0 Å². The van der Waals surface area contributed by atoms with Crippen molar-refractivity contribution >= 4 is 5.71 Å². The molecule has 0 fully saturated rings. The molecule has 0 atom stereocenters. The summed E-state index contributed by atoms with van der Waals surface area (Å²) in [6.45, 7) is 12.7. The monoisotopic (exact) mass is 158 g/mol. The van der Waals surface area contributed by atoms with Crippen LogP contribution in [0.1, 0.15) is 42.0 Å². The molecule has 0 aromatic rings. The fraction of sp³-hybridized carbons (Fsp3) is 0.667. The number of nitrogens with zero attached hydrogens (tertiary/aromatic N) is 2. The van der Waals surface area contributed by atoms with Gasteiger partial charge in [0.05, 0.1) is 0 Å². The highest BCUT2D eigenvalue weighted by Gasteiger charge is 1.74. The van der Waals surface area contributed by atoms with Crippen LogP contribution >= 0.6 is 0 Å². The Kier molecular flexibility index (Phi) is 72.4. The van der Waals surface area contributed by atoms with Gasteiger partial charge in [-0.3, -0.25) is 0 Å². The van der Waals surface area contributed by atoms with Gasteiger partial charge in [-0.15, -0.1) is 6.58 Å². The van der Waals surface area contributed by atoms with Gasteiger partial charge in [-0.25, -0.2) is 0 Å². The lowest BCUT2D eigenvalue weighted by molar-refractivity contribution is -0.00646. The number of hydrogen-bond acceptors (Lipinski definition) is 0. The molecule has 0 saturated heterocycles. The molecule has 0 aliphatic carbocycles. The van der Waals surface area contributed by atoms with Gasteiger partial charge in [-0.05, 0) is 6.92 Å². The predicted octanol–water partition coefficient (Wildman–Crippen LogP) is 3.55. The van der Waals surface area contributed by atoms with Gasteiger partial charge < -0.3 is 5.53 Å². The third kappa shape index (κ3) is 369. The van der Waals surface area contributed by atoms with Crippen LogP contribution in [-0.4, -0.2) is 10.5 Å². The van der Waals surface area contributed by atoms with E-state index in [1.54, 1.807) is 19.9 Å². The third-order valence-electron chi connectivity index (χ3n) is 0.200. The van der Waals surface area contributed by atoms with Crippen molar-refractivity contribution in [3.8, 4) is 0 Å². The second-order valence-corrected chi connectivity index (χ2v) is 1.46. The van der Waals surface area contributed by atoms with Crippen molar-refractivity contribution in [2.45, 2.75) is 42.0 Å². The predicted molar refractivity (Wildman–Crippen MR) is 53.9 cm³/mol. The van der Waals surface area contributed by atoms with E-state index in [4.69, 9.17) is 5.53 Å². The summed E-state index contributed by atoms with van der Waals surface area (Å²) in [5.41, 5.74) is 8.42. The van der Waals surface area contributed by atoms with Crippen molar-refractivity contribution in [2.75, 3.05) is 0 Å². The Balaban J connectivity index is -0.0000000360. The third-order valence-corrected chi connectivity index (χ3v) is 0.200. The van der Waals surface area contributed by atoms with Gasteiger partial charge in [-0.1, -0.05) is 27.4 Å². The second-order valence-electron chi connectivity index (χ2n) is 1.46. The Hall–Kier alpha value is -0.880. The molecule has 0 aromatic heterocycles. The summed E-state index contributed by atoms with van der Waals surface area (Å²) in [7, 11) is 0. The molecule has 0 bridgehead atoms. The van der Waals surface area contributed by atoms with Crippen LogP contribution in [-0.2, 0) is 0 Å². The summed E-state index contributed by atoms with van der Waals surface area (Å²) in [6, 6.07) is 0. The molecule has 0 amide bonds. The van der Waals surface area contributed by atoms with E-state index in [0.29, 0.717) is 5.71 Å². The number of allylic oxidation sites excluding steroid dienone is 1. The van der Waals surface area contributed by atoms with Crippen LogP contribution in [0.15, 0.2) is 12.7 Å². The molecule has 0 radical (unpaired) electrons. The first-order chi connectivity index (χ1) is 4.68. The molecule has 2 heteroatoms. The topological polar surface area (TPSA) is 36.4 Å². The molecule has 0 aliphatic heterocycles. The maximum atomic E-state index is 7.73. The van der Waals surface area contributed by atoms with E-state index in [-0.39, 0.29) is 7.43 Å². The quantitative estimate of drug-likeness (QED) is 0.224. The van der Waals surface area contributed by atoms with Crippen LogP contribution < -0.4 is 0 Å². The highest BCUT2D eigenvalue weighted by atomic mass is 14.8. The zero-order valence-electron chi connectivity index (χ0n) is 7.68. The molecule has 11 heavy (non-hydrogen) atoms. The maximum Gasteiger partial charge on any atom is 0.262 e. The van der Waals surface area contributed by atoms with Gasteiger partial charge in [0, 0.05) is 13.8 Å². The highest BCUT2D eigenvalue weighted by Crippen LogP contribution is 1.52. The Morgan fingerprint density at radius 2 is 1.45 bits per heavy atom. The standard InChI is InChI=1S/C3H6N2.C3H6.C2H6.CH4/c1-3(2)5-4;1-3-2;1-2;/h1-2H3;3H,1H2,2H3;1-2H3;1H4. The van der Waals surface area contributed by atoms with Crippen molar-refractivity contribution in [3.63, 3.8) is 0 Å². The van der Waals surface area contributed by atoms with Crippen molar-refractivity contribution in [2.24, 2.45) is 0 Å². The molecule has 68 valence electrons. The first-order valence-corrected chi connectivity index (χ1v) is 3.41. The summed E-state index contributed by atoms with van der Waals surface area (Å²) < 4.78 is 0. The normalized spacial score (nSPS) is 4.45. The van der Waals surface area contributed by atoms with Gasteiger partial charge in [0.15, 0.2) is 0 Å². The smallest absolute Gasteiger partial charge is 0.262 e. The van der Waals surface area contributed by atoms with Crippen molar-refractivity contribution < 1.29 is 4.79 Å². The van der Waals surface area contributed by atoms with Gasteiger partial charge in [-0.2, -0.15) is 4.79 Å². The molecular weight excluding hydrogens is 136 g/mol. The van der Waals surface area contributed by atoms with Gasteiger partial charge >= 0.3 is 0 Å². The van der Waals surface area contributed by atoms with Crippen molar-refractivity contribution in [1.82, 2.24) is 0 Å². The van der Waals surface area contributed by atoms with E-state index in [2.05, 4.69) is 11.4 Å². The summed E-state index contributed by atoms with van der Waals surface area (Å²) in [5, 5.41) is 0. The number of hydrogen-bond donors (Lipinski definition) is 0. The average molecular weight is 158 g/mol. The van der Waals surface area contributed by atoms with E-state index in [9.17, 15) is 0 Å². The lowest BCUT2D eigenvalue weighted by Crippen LogP contribution is -1.76. The number of rotatable bonds is 0. The summed E-state index contributed by atoms with van der Waals surface area (Å²) in [4.78, 5) is 2.81. The maximum absolute atomic E-state index is 7.73. The summed E-state index contributed by atoms with van der Waals surface area (Å²) >= 11 is 0. The summed E-state index contributed by atoms with van der Waals surface area (Å²) in [6.07, 6.45) is 1.75. The zero-order chi connectivity index (χ0) is 8.99. The SMILES string of the molecule is C.C=CC.CC.CC(C)=[N+]=[N-]. The molecule has 0 spiro atoms. The van der Waals surface area contributed by atoms with Crippen molar-refractivity contribution in [1.29, 1.82) is 0 Å². The Morgan fingerprint density at radius 1 is 1.36 bits per heavy atom. The fourth-order valence-corrected chi connectivity index (χ4v) is 0. The van der Waals surface area contributed by atoms with Crippen molar-refractivity contribution in [3.05, 3.63) is 18.2 Å². The molecule has 0 aliphatic rings. The van der Waals surface area contributed by atoms with Crippen LogP contribution in [0.3, 0.4) is 0 Å². The fourth-order valence-electron chi connectivity index (χ4n) is 0. The van der Waals surface area contributed by atoms with E-state index < -0.39 is 0 Å². The minimum absolute atomic E-state index is 0. The van der Waals surface area contributed by atoms with Crippen LogP contribution in [0.25, 0.3) is 5.53 Å². The highest BCUT2D eigenvalue weighted by molar-refractivity contribution is 5.72. The molecule has 2 nitrogen and oxygen atoms in total. The Bertz CT molecular complexity index is 96.1. The minimum Gasteiger partial charge on any atom is -0.362 e. The van der Waals surface area contributed by atoms with Crippen LogP contribution in [0.4, 0.5) is 0 Å². The lowest BCUT2D eigenvalue weighted by Gasteiger charge is -1.54. The average Bonchev–Trinajstić information content (AvgIpc) is 1.94. The first-order valence-electron chi connectivity index (χ1n) is 3.41. The largest absolute Gasteiger partial charge is 0.362 e. The molecule has 0 heterocycles. The van der Waals surface area contributed by atoms with E-state index in [1.165, 1.54) is 0 Å². The van der Waals surface area contributed by atoms with Gasteiger partial charge in [0.25, 0.3) is 5.71 Å². The molecule has 0 unspecified atom stereocenters. The Labute approximate surface area is 71.6 Å². The van der Waals surface area contributed by atoms with Crippen LogP contribution in [0, 0.1) is 0 Å². The van der Waals surface area contributed by atoms with E-state index in [1.807, 2.05) is 20.8 Å². The Morgan fingerprint density at radius 3 is 1.45 bits per heavy atom. The minimum atomic E-state index is 0. The van der Waals surface area contributed by atoms with Crippen LogP contribution in [0.5, 0.6) is 0 Å². The van der Waals surface area contributed by atoms with Crippen LogP contribution in [0.2, 0.25) is 0 Å². The zero-order valence-corrected chi connectivity index (χ0v) is 7.68. The van der Waals surface area contributed by atoms with E-state index >= 15 is 0 Å². The van der Waals surface area contributed by atoms with Gasteiger partial charge in [0.2, 0.25) is 0 Å². The van der Waals surface area contributed by atoms with Gasteiger partial charge in [0.1, 0.15) is 0 Å². The molecular formula is C9H22N2. The molecule has 0 N–H and O–H groups in total. The first kappa shape index (κ1) is 22.5. The lowest BCUT2D eigenvalue weighted by atomic mass is 10.5. The second kappa shape index (κ2) is 35.4. The molecule has 0 saturated carbocycles.